The van der Waals surface area contributed by atoms with Crippen LogP contribution in [0.2, 0.25) is 0 Å². The minimum atomic E-state index is -1.52. The predicted octanol–water partition coefficient (Wildman–Crippen LogP) is 2.22. The quantitative estimate of drug-likeness (QED) is 0.402. The third-order valence-electron chi connectivity index (χ3n) is 2.08. The van der Waals surface area contributed by atoms with Gasteiger partial charge in [0, 0.05) is 0 Å². The fraction of sp³-hybridized carbons (Fsp3) is 0.818. The van der Waals surface area contributed by atoms with E-state index in [1.54, 1.807) is 0 Å². The fourth-order valence-electron chi connectivity index (χ4n) is 1.23. The summed E-state index contributed by atoms with van der Waals surface area (Å²) in [5, 5.41) is 8.21. The molecule has 0 aromatic heterocycles. The first kappa shape index (κ1) is 13.9. The van der Waals surface area contributed by atoms with Crippen LogP contribution in [-0.4, -0.2) is 23.7 Å². The van der Waals surface area contributed by atoms with Crippen LogP contribution in [0.5, 0.6) is 0 Å². The van der Waals surface area contributed by atoms with Gasteiger partial charge in [0.25, 0.3) is 0 Å². The molecule has 0 bridgehead atoms. The largest absolute Gasteiger partial charge is 0.473 e. The summed E-state index contributed by atoms with van der Waals surface area (Å²) in [7, 11) is 0. The van der Waals surface area contributed by atoms with Gasteiger partial charge in [-0.3, -0.25) is 0 Å². The summed E-state index contributed by atoms with van der Waals surface area (Å²) in [5.41, 5.74) is 0. The third-order valence-corrected chi connectivity index (χ3v) is 2.08. The lowest BCUT2D eigenvalue weighted by Gasteiger charge is -2.04. The van der Waals surface area contributed by atoms with E-state index in [2.05, 4.69) is 18.6 Å². The van der Waals surface area contributed by atoms with Crippen LogP contribution in [0.25, 0.3) is 0 Å². The number of hydrogen-bond acceptors (Lipinski definition) is 3. The Morgan fingerprint density at radius 1 is 1.13 bits per heavy atom. The molecule has 0 unspecified atom stereocenters. The fourth-order valence-corrected chi connectivity index (χ4v) is 1.23. The minimum absolute atomic E-state index is 0.215. The molecule has 0 aliphatic carbocycles. The number of ether oxygens (including phenoxy) is 1. The molecule has 0 aromatic rings. The van der Waals surface area contributed by atoms with E-state index >= 15 is 0 Å². The van der Waals surface area contributed by atoms with Crippen molar-refractivity contribution in [2.75, 3.05) is 6.61 Å². The normalized spacial score (nSPS) is 10.3. The number of carboxylic acid groups (broad SMARTS) is 1. The van der Waals surface area contributed by atoms with Crippen molar-refractivity contribution >= 4 is 11.9 Å². The first-order valence-corrected chi connectivity index (χ1v) is 5.44. The van der Waals surface area contributed by atoms with E-state index in [0.717, 1.165) is 25.2 Å². The Kier molecular flexibility index (Phi) is 7.68. The van der Waals surface area contributed by atoms with Gasteiger partial charge in [0.15, 0.2) is 0 Å². The summed E-state index contributed by atoms with van der Waals surface area (Å²) in [5.74, 6) is -1.94. The molecule has 0 heterocycles. The molecule has 0 aliphatic rings. The van der Waals surface area contributed by atoms with Crippen LogP contribution in [0.15, 0.2) is 0 Å². The van der Waals surface area contributed by atoms with Crippen LogP contribution in [0.1, 0.15) is 46.0 Å². The number of carbonyl (C=O) groups excluding carboxylic acids is 1. The molecule has 88 valence electrons. The summed E-state index contributed by atoms with van der Waals surface area (Å²) in [4.78, 5) is 20.6. The van der Waals surface area contributed by atoms with Gasteiger partial charge in [-0.25, -0.2) is 9.59 Å². The van der Waals surface area contributed by atoms with E-state index in [-0.39, 0.29) is 6.61 Å². The molecular formula is C11H20O4. The van der Waals surface area contributed by atoms with Crippen LogP contribution in [0.3, 0.4) is 0 Å². The van der Waals surface area contributed by atoms with Crippen LogP contribution in [-0.2, 0) is 14.3 Å². The average Bonchev–Trinajstić information content (AvgIpc) is 2.15. The number of carbonyl (C=O) groups is 2. The molecule has 0 aromatic carbocycles. The van der Waals surface area contributed by atoms with Gasteiger partial charge in [-0.1, -0.05) is 39.5 Å². The molecule has 1 N–H and O–H groups in total. The topological polar surface area (TPSA) is 63.6 Å². The average molecular weight is 216 g/mol. The second kappa shape index (κ2) is 8.26. The molecule has 0 aliphatic heterocycles. The van der Waals surface area contributed by atoms with E-state index in [0.29, 0.717) is 0 Å². The molecule has 4 nitrogen and oxygen atoms in total. The number of unbranched alkanes of at least 4 members (excludes halogenated alkanes) is 3. The monoisotopic (exact) mass is 216 g/mol. The van der Waals surface area contributed by atoms with Crippen LogP contribution < -0.4 is 0 Å². The smallest absolute Gasteiger partial charge is 0.417 e. The van der Waals surface area contributed by atoms with Crippen molar-refractivity contribution in [3.63, 3.8) is 0 Å². The molecule has 15 heavy (non-hydrogen) atoms. The Balaban J connectivity index is 3.18. The van der Waals surface area contributed by atoms with Gasteiger partial charge in [-0.05, 0) is 12.3 Å². The van der Waals surface area contributed by atoms with Crippen molar-refractivity contribution in [3.05, 3.63) is 0 Å². The second-order valence-corrected chi connectivity index (χ2v) is 4.04. The first-order chi connectivity index (χ1) is 7.04. The standard InChI is InChI=1S/C11H20O4/c1-9(2)7-5-3-4-6-8-15-11(14)10(12)13/h9H,3-8H2,1-2H3,(H,12,13). The Labute approximate surface area is 90.6 Å². The molecule has 0 saturated carbocycles. The molecule has 0 atom stereocenters. The van der Waals surface area contributed by atoms with Gasteiger partial charge in [-0.15, -0.1) is 0 Å². The van der Waals surface area contributed by atoms with Gasteiger partial charge >= 0.3 is 11.9 Å². The molecule has 0 saturated heterocycles. The van der Waals surface area contributed by atoms with Crippen LogP contribution >= 0.6 is 0 Å². The number of aliphatic carboxylic acids is 1. The lowest BCUT2D eigenvalue weighted by atomic mass is 10.0. The van der Waals surface area contributed by atoms with Gasteiger partial charge in [0.1, 0.15) is 0 Å². The molecule has 0 rings (SSSR count). The number of carboxylic acids is 1. The molecule has 0 fully saturated rings. The lowest BCUT2D eigenvalue weighted by Crippen LogP contribution is -2.16. The maximum absolute atomic E-state index is 10.5. The highest BCUT2D eigenvalue weighted by Gasteiger charge is 2.11. The third kappa shape index (κ3) is 9.25. The van der Waals surface area contributed by atoms with E-state index in [4.69, 9.17) is 5.11 Å². The Morgan fingerprint density at radius 3 is 2.27 bits per heavy atom. The summed E-state index contributed by atoms with van der Waals surface area (Å²) >= 11 is 0. The van der Waals surface area contributed by atoms with Gasteiger partial charge in [-0.2, -0.15) is 0 Å². The van der Waals surface area contributed by atoms with Crippen molar-refractivity contribution in [3.8, 4) is 0 Å². The summed E-state index contributed by atoms with van der Waals surface area (Å²) in [6, 6.07) is 0. The maximum Gasteiger partial charge on any atom is 0.417 e. The Hall–Kier alpha value is -1.06. The van der Waals surface area contributed by atoms with E-state index in [1.165, 1.54) is 12.8 Å². The van der Waals surface area contributed by atoms with Crippen molar-refractivity contribution < 1.29 is 19.4 Å². The first-order valence-electron chi connectivity index (χ1n) is 5.44. The molecule has 4 heteroatoms. The van der Waals surface area contributed by atoms with Gasteiger partial charge in [0.05, 0.1) is 6.61 Å². The maximum atomic E-state index is 10.5. The summed E-state index contributed by atoms with van der Waals surface area (Å²) in [6.45, 7) is 4.59. The number of hydrogen-bond donors (Lipinski definition) is 1. The molecule has 0 amide bonds. The molecule has 0 radical (unpaired) electrons. The molecular weight excluding hydrogens is 196 g/mol. The highest BCUT2D eigenvalue weighted by Crippen LogP contribution is 2.09. The zero-order chi connectivity index (χ0) is 11.7. The van der Waals surface area contributed by atoms with Crippen molar-refractivity contribution in [2.45, 2.75) is 46.0 Å². The Bertz CT molecular complexity index is 199. The zero-order valence-corrected chi connectivity index (χ0v) is 9.49. The summed E-state index contributed by atoms with van der Waals surface area (Å²) in [6.07, 6.45) is 5.25. The minimum Gasteiger partial charge on any atom is -0.473 e. The van der Waals surface area contributed by atoms with Gasteiger partial charge < -0.3 is 9.84 Å². The Morgan fingerprint density at radius 2 is 1.73 bits per heavy atom. The lowest BCUT2D eigenvalue weighted by molar-refractivity contribution is -0.163. The molecule has 0 spiro atoms. The van der Waals surface area contributed by atoms with E-state index in [9.17, 15) is 9.59 Å². The van der Waals surface area contributed by atoms with Crippen LogP contribution in [0, 0.1) is 5.92 Å². The van der Waals surface area contributed by atoms with E-state index < -0.39 is 11.9 Å². The number of rotatable bonds is 7. The van der Waals surface area contributed by atoms with Gasteiger partial charge in [0.2, 0.25) is 0 Å². The SMILES string of the molecule is CC(C)CCCCCCOC(=O)C(=O)O. The van der Waals surface area contributed by atoms with Crippen molar-refractivity contribution in [2.24, 2.45) is 5.92 Å². The highest BCUT2D eigenvalue weighted by molar-refractivity contribution is 6.28. The van der Waals surface area contributed by atoms with E-state index in [1.807, 2.05) is 0 Å². The predicted molar refractivity (Wildman–Crippen MR) is 56.5 cm³/mol. The number of esters is 1. The summed E-state index contributed by atoms with van der Waals surface area (Å²) < 4.78 is 4.49. The second-order valence-electron chi connectivity index (χ2n) is 4.04. The van der Waals surface area contributed by atoms with Crippen LogP contribution in [0.4, 0.5) is 0 Å². The zero-order valence-electron chi connectivity index (χ0n) is 9.49. The van der Waals surface area contributed by atoms with Crippen molar-refractivity contribution in [1.29, 1.82) is 0 Å². The highest BCUT2D eigenvalue weighted by atomic mass is 16.6. The van der Waals surface area contributed by atoms with Crippen molar-refractivity contribution in [1.82, 2.24) is 0 Å².